The van der Waals surface area contributed by atoms with Gasteiger partial charge in [-0.3, -0.25) is 4.79 Å². The van der Waals surface area contributed by atoms with E-state index in [9.17, 15) is 22.8 Å². The summed E-state index contributed by atoms with van der Waals surface area (Å²) in [4.78, 5) is 23.4. The Morgan fingerprint density at radius 1 is 0.964 bits per heavy atom. The fourth-order valence-electron chi connectivity index (χ4n) is 2.35. The topological polar surface area (TPSA) is 72.8 Å². The molecule has 0 atom stereocenters. The van der Waals surface area contributed by atoms with Gasteiger partial charge in [0.2, 0.25) is 0 Å². The Bertz CT molecular complexity index is 842. The quantitative estimate of drug-likeness (QED) is 0.658. The van der Waals surface area contributed by atoms with Crippen LogP contribution in [0, 0.1) is 0 Å². The van der Waals surface area contributed by atoms with Crippen LogP contribution in [-0.4, -0.2) is 28.8 Å². The number of hydrogen-bond acceptors (Lipinski definition) is 4. The Labute approximate surface area is 159 Å². The molecule has 0 aliphatic heterocycles. The van der Waals surface area contributed by atoms with E-state index in [1.807, 2.05) is 0 Å². The van der Waals surface area contributed by atoms with Gasteiger partial charge in [0.05, 0.1) is 0 Å². The molecule has 2 rings (SSSR count). The lowest BCUT2D eigenvalue weighted by molar-refractivity contribution is -0.274. The number of Topliss-reactive ketones (excluding diaryl/α,β-unsaturated/α-hetero) is 1. The number of carbonyl (C=O) groups is 2. The summed E-state index contributed by atoms with van der Waals surface area (Å²) >= 11 is 0. The number of aliphatic carboxylic acids is 1. The molecule has 0 heterocycles. The zero-order valence-electron chi connectivity index (χ0n) is 15.2. The molecule has 150 valence electrons. The highest BCUT2D eigenvalue weighted by Gasteiger charge is 2.31. The molecule has 5 nitrogen and oxygen atoms in total. The first-order valence-corrected chi connectivity index (χ1v) is 8.37. The first kappa shape index (κ1) is 21.3. The van der Waals surface area contributed by atoms with Gasteiger partial charge in [-0.2, -0.15) is 0 Å². The number of rotatable bonds is 8. The van der Waals surface area contributed by atoms with Crippen LogP contribution in [0.2, 0.25) is 0 Å². The van der Waals surface area contributed by atoms with Crippen LogP contribution in [0.15, 0.2) is 48.5 Å². The van der Waals surface area contributed by atoms with Crippen LogP contribution in [0.1, 0.15) is 36.2 Å². The number of aryl methyl sites for hydroxylation is 1. The van der Waals surface area contributed by atoms with Gasteiger partial charge in [-0.05, 0) is 62.2 Å². The Balaban J connectivity index is 1.97. The van der Waals surface area contributed by atoms with Gasteiger partial charge in [-0.25, -0.2) is 4.79 Å². The van der Waals surface area contributed by atoms with Crippen LogP contribution in [0.5, 0.6) is 11.5 Å². The van der Waals surface area contributed by atoms with Gasteiger partial charge in [-0.15, -0.1) is 13.2 Å². The highest BCUT2D eigenvalue weighted by molar-refractivity contribution is 5.96. The minimum absolute atomic E-state index is 0.130. The van der Waals surface area contributed by atoms with Crippen molar-refractivity contribution in [1.29, 1.82) is 0 Å². The summed E-state index contributed by atoms with van der Waals surface area (Å²) in [5.41, 5.74) is -0.354. The van der Waals surface area contributed by atoms with Crippen molar-refractivity contribution in [2.24, 2.45) is 0 Å². The number of carboxylic acid groups (broad SMARTS) is 1. The molecule has 28 heavy (non-hydrogen) atoms. The van der Waals surface area contributed by atoms with E-state index in [1.165, 1.54) is 26.0 Å². The Morgan fingerprint density at radius 2 is 1.61 bits per heavy atom. The smallest absolute Gasteiger partial charge is 0.478 e. The van der Waals surface area contributed by atoms with E-state index in [2.05, 4.69) is 4.74 Å². The monoisotopic (exact) mass is 396 g/mol. The summed E-state index contributed by atoms with van der Waals surface area (Å²) in [7, 11) is 0. The molecule has 1 N–H and O–H groups in total. The molecule has 2 aromatic carbocycles. The molecule has 0 radical (unpaired) electrons. The van der Waals surface area contributed by atoms with Crippen molar-refractivity contribution >= 4 is 11.8 Å². The molecular formula is C20H19F3O5. The average molecular weight is 396 g/mol. The molecule has 0 saturated carbocycles. The number of hydrogen-bond donors (Lipinski definition) is 1. The number of ether oxygens (including phenoxy) is 2. The minimum Gasteiger partial charge on any atom is -0.478 e. The molecular weight excluding hydrogens is 377 g/mol. The van der Waals surface area contributed by atoms with Gasteiger partial charge in [0.1, 0.15) is 11.5 Å². The zero-order valence-corrected chi connectivity index (χ0v) is 15.2. The van der Waals surface area contributed by atoms with E-state index in [0.717, 1.165) is 17.7 Å². The van der Waals surface area contributed by atoms with Crippen LogP contribution in [-0.2, 0) is 11.2 Å². The summed E-state index contributed by atoms with van der Waals surface area (Å²) in [5.74, 6) is -1.37. The fraction of sp³-hybridized carbons (Fsp3) is 0.300. The number of ketones is 1. The molecule has 0 bridgehead atoms. The van der Waals surface area contributed by atoms with E-state index >= 15 is 0 Å². The lowest BCUT2D eigenvalue weighted by atomic mass is 10.0. The van der Waals surface area contributed by atoms with Gasteiger partial charge >= 0.3 is 12.3 Å². The molecule has 0 aromatic heterocycles. The zero-order chi connectivity index (χ0) is 20.9. The van der Waals surface area contributed by atoms with Gasteiger partial charge in [-0.1, -0.05) is 12.1 Å². The summed E-state index contributed by atoms with van der Waals surface area (Å²) in [6.45, 7) is 2.86. The first-order chi connectivity index (χ1) is 13.0. The summed E-state index contributed by atoms with van der Waals surface area (Å²) in [6.07, 6.45) is -4.29. The van der Waals surface area contributed by atoms with Gasteiger partial charge in [0.15, 0.2) is 11.4 Å². The van der Waals surface area contributed by atoms with Gasteiger partial charge in [0, 0.05) is 12.0 Å². The van der Waals surface area contributed by atoms with E-state index < -0.39 is 23.7 Å². The number of halogens is 3. The summed E-state index contributed by atoms with van der Waals surface area (Å²) < 4.78 is 45.7. The van der Waals surface area contributed by atoms with Crippen molar-refractivity contribution in [2.75, 3.05) is 0 Å². The van der Waals surface area contributed by atoms with Crippen molar-refractivity contribution in [2.45, 2.75) is 38.7 Å². The summed E-state index contributed by atoms with van der Waals surface area (Å²) in [5, 5.41) is 9.12. The molecule has 8 heteroatoms. The van der Waals surface area contributed by atoms with Crippen LogP contribution >= 0.6 is 0 Å². The summed E-state index contributed by atoms with van der Waals surface area (Å²) in [6, 6.07) is 11.5. The van der Waals surface area contributed by atoms with Crippen molar-refractivity contribution in [1.82, 2.24) is 0 Å². The Morgan fingerprint density at radius 3 is 2.18 bits per heavy atom. The second-order valence-electron chi connectivity index (χ2n) is 6.56. The molecule has 0 fully saturated rings. The standard InChI is InChI=1S/C20H19F3O5/c1-19(2,18(25)26)27-16-5-3-4-13(12-16)6-11-17(24)14-7-9-15(10-8-14)28-20(21,22)23/h3-5,7-10,12H,6,11H2,1-2H3,(H,25,26). The highest BCUT2D eigenvalue weighted by atomic mass is 19.4. The lowest BCUT2D eigenvalue weighted by Gasteiger charge is -2.21. The Kier molecular flexibility index (Phi) is 6.33. The molecule has 0 aliphatic rings. The van der Waals surface area contributed by atoms with Crippen LogP contribution in [0.25, 0.3) is 0 Å². The van der Waals surface area contributed by atoms with Crippen molar-refractivity contribution in [3.05, 3.63) is 59.7 Å². The maximum Gasteiger partial charge on any atom is 0.573 e. The molecule has 0 saturated heterocycles. The molecule has 0 aliphatic carbocycles. The maximum atomic E-state index is 12.2. The van der Waals surface area contributed by atoms with Crippen molar-refractivity contribution in [3.63, 3.8) is 0 Å². The van der Waals surface area contributed by atoms with Crippen molar-refractivity contribution < 1.29 is 37.3 Å². The first-order valence-electron chi connectivity index (χ1n) is 8.37. The van der Waals surface area contributed by atoms with Crippen LogP contribution in [0.4, 0.5) is 13.2 Å². The maximum absolute atomic E-state index is 12.2. The van der Waals surface area contributed by atoms with Crippen LogP contribution < -0.4 is 9.47 Å². The Hall–Kier alpha value is -3.03. The third-order valence-electron chi connectivity index (χ3n) is 3.84. The van der Waals surface area contributed by atoms with Crippen LogP contribution in [0.3, 0.4) is 0 Å². The third kappa shape index (κ3) is 6.29. The second kappa shape index (κ2) is 8.33. The largest absolute Gasteiger partial charge is 0.573 e. The number of alkyl halides is 3. The molecule has 0 amide bonds. The van der Waals surface area contributed by atoms with E-state index in [-0.39, 0.29) is 17.8 Å². The van der Waals surface area contributed by atoms with Gasteiger partial charge < -0.3 is 14.6 Å². The normalized spacial score (nSPS) is 11.8. The molecule has 2 aromatic rings. The fourth-order valence-corrected chi connectivity index (χ4v) is 2.35. The molecule has 0 unspecified atom stereocenters. The second-order valence-corrected chi connectivity index (χ2v) is 6.56. The number of carbonyl (C=O) groups excluding carboxylic acids is 1. The third-order valence-corrected chi connectivity index (χ3v) is 3.84. The predicted octanol–water partition coefficient (Wildman–Crippen LogP) is 4.64. The van der Waals surface area contributed by atoms with Gasteiger partial charge in [0.25, 0.3) is 0 Å². The molecule has 0 spiro atoms. The van der Waals surface area contributed by atoms with Crippen molar-refractivity contribution in [3.8, 4) is 11.5 Å². The highest BCUT2D eigenvalue weighted by Crippen LogP contribution is 2.24. The SMILES string of the molecule is CC(C)(Oc1cccc(CCC(=O)c2ccc(OC(F)(F)F)cc2)c1)C(=O)O. The number of benzene rings is 2. The van der Waals surface area contributed by atoms with E-state index in [1.54, 1.807) is 24.3 Å². The minimum atomic E-state index is -4.78. The average Bonchev–Trinajstić information content (AvgIpc) is 2.59. The van der Waals surface area contributed by atoms with E-state index in [0.29, 0.717) is 12.2 Å². The lowest BCUT2D eigenvalue weighted by Crippen LogP contribution is -2.37. The predicted molar refractivity (Wildman–Crippen MR) is 94.6 cm³/mol. The number of carboxylic acids is 1. The van der Waals surface area contributed by atoms with E-state index in [4.69, 9.17) is 9.84 Å².